The van der Waals surface area contributed by atoms with E-state index in [2.05, 4.69) is 16.5 Å². The zero-order valence-corrected chi connectivity index (χ0v) is 15.0. The highest BCUT2D eigenvalue weighted by Gasteiger charge is 2.26. The number of rotatable bonds is 8. The Morgan fingerprint density at radius 3 is 2.85 bits per heavy atom. The van der Waals surface area contributed by atoms with Gasteiger partial charge in [-0.25, -0.2) is 0 Å². The average Bonchev–Trinajstić information content (AvgIpc) is 2.67. The summed E-state index contributed by atoms with van der Waals surface area (Å²) >= 11 is 0. The highest BCUT2D eigenvalue weighted by atomic mass is 16.5. The number of ether oxygens (including phenoxy) is 1. The van der Waals surface area contributed by atoms with Gasteiger partial charge >= 0.3 is 5.97 Å². The Morgan fingerprint density at radius 1 is 1.35 bits per heavy atom. The molecule has 5 heteroatoms. The lowest BCUT2D eigenvalue weighted by atomic mass is 9.97. The van der Waals surface area contributed by atoms with E-state index in [0.29, 0.717) is 12.8 Å². The van der Waals surface area contributed by atoms with Gasteiger partial charge in [0.1, 0.15) is 11.9 Å². The molecule has 1 aromatic heterocycles. The molecule has 0 radical (unpaired) electrons. The summed E-state index contributed by atoms with van der Waals surface area (Å²) in [4.78, 5) is 17.8. The number of aromatic nitrogens is 1. The van der Waals surface area contributed by atoms with Gasteiger partial charge in [-0.15, -0.1) is 6.58 Å². The molecule has 0 aliphatic carbocycles. The number of carboxylic acids is 1. The van der Waals surface area contributed by atoms with E-state index in [-0.39, 0.29) is 12.0 Å². The Morgan fingerprint density at radius 2 is 2.12 bits per heavy atom. The third-order valence-electron chi connectivity index (χ3n) is 4.99. The molecule has 1 atom stereocenters. The number of nitrogens with zero attached hydrogens (tertiary/aromatic N) is 2. The van der Waals surface area contributed by atoms with Gasteiger partial charge in [0.2, 0.25) is 0 Å². The van der Waals surface area contributed by atoms with E-state index < -0.39 is 5.97 Å². The maximum Gasteiger partial charge on any atom is 0.306 e. The van der Waals surface area contributed by atoms with Crippen molar-refractivity contribution in [2.45, 2.75) is 31.8 Å². The van der Waals surface area contributed by atoms with Gasteiger partial charge < -0.3 is 9.84 Å². The Kier molecular flexibility index (Phi) is 6.23. The van der Waals surface area contributed by atoms with Crippen LogP contribution in [0, 0.1) is 5.92 Å². The number of carbonyl (C=O) groups is 1. The lowest BCUT2D eigenvalue weighted by Gasteiger charge is -2.33. The number of piperidine rings is 1. The first-order valence-electron chi connectivity index (χ1n) is 9.24. The molecule has 1 aromatic carbocycles. The summed E-state index contributed by atoms with van der Waals surface area (Å²) in [5, 5.41) is 10.2. The fourth-order valence-corrected chi connectivity index (χ4v) is 3.49. The molecule has 1 aliphatic rings. The van der Waals surface area contributed by atoms with E-state index in [9.17, 15) is 4.79 Å². The smallest absolute Gasteiger partial charge is 0.306 e. The fraction of sp³-hybridized carbons (Fsp3) is 0.429. The molecule has 1 saturated heterocycles. The van der Waals surface area contributed by atoms with Crippen LogP contribution in [-0.4, -0.2) is 46.7 Å². The maximum absolute atomic E-state index is 11.1. The molecule has 1 aliphatic heterocycles. The largest absolute Gasteiger partial charge is 0.488 e. The van der Waals surface area contributed by atoms with Crippen LogP contribution >= 0.6 is 0 Å². The summed E-state index contributed by atoms with van der Waals surface area (Å²) < 4.78 is 6.36. The second kappa shape index (κ2) is 8.81. The molecular weight excluding hydrogens is 328 g/mol. The van der Waals surface area contributed by atoms with Gasteiger partial charge in [-0.1, -0.05) is 18.2 Å². The first kappa shape index (κ1) is 18.4. The predicted molar refractivity (Wildman–Crippen MR) is 102 cm³/mol. The van der Waals surface area contributed by atoms with Gasteiger partial charge in [0.15, 0.2) is 0 Å². The van der Waals surface area contributed by atoms with Crippen molar-refractivity contribution in [1.29, 1.82) is 0 Å². The summed E-state index contributed by atoms with van der Waals surface area (Å²) in [6, 6.07) is 9.89. The van der Waals surface area contributed by atoms with E-state index in [1.165, 1.54) is 0 Å². The monoisotopic (exact) mass is 354 g/mol. The van der Waals surface area contributed by atoms with Crippen LogP contribution in [0.25, 0.3) is 10.9 Å². The maximum atomic E-state index is 11.1. The molecule has 2 aromatic rings. The second-order valence-corrected chi connectivity index (χ2v) is 6.85. The molecule has 1 N–H and O–H groups in total. The van der Waals surface area contributed by atoms with E-state index in [0.717, 1.165) is 49.1 Å². The van der Waals surface area contributed by atoms with Crippen molar-refractivity contribution in [3.8, 4) is 5.75 Å². The van der Waals surface area contributed by atoms with E-state index in [1.54, 1.807) is 6.20 Å². The molecule has 1 unspecified atom stereocenters. The van der Waals surface area contributed by atoms with Gasteiger partial charge in [0, 0.05) is 18.1 Å². The third kappa shape index (κ3) is 4.61. The first-order valence-corrected chi connectivity index (χ1v) is 9.24. The molecule has 0 amide bonds. The van der Waals surface area contributed by atoms with Gasteiger partial charge in [0.25, 0.3) is 0 Å². The molecule has 5 nitrogen and oxygen atoms in total. The number of aliphatic carboxylic acids is 1. The molecule has 2 heterocycles. The number of benzene rings is 1. The van der Waals surface area contributed by atoms with Crippen molar-refractivity contribution in [3.63, 3.8) is 0 Å². The van der Waals surface area contributed by atoms with Crippen LogP contribution in [0.15, 0.2) is 49.2 Å². The molecule has 0 spiro atoms. The molecule has 26 heavy (non-hydrogen) atoms. The number of carboxylic acid groups (broad SMARTS) is 1. The number of fused-ring (bicyclic) bond motifs is 1. The summed E-state index contributed by atoms with van der Waals surface area (Å²) in [6.07, 6.45) is 6.93. The van der Waals surface area contributed by atoms with Gasteiger partial charge in [-0.3, -0.25) is 14.7 Å². The van der Waals surface area contributed by atoms with Crippen molar-refractivity contribution in [1.82, 2.24) is 9.88 Å². The van der Waals surface area contributed by atoms with Gasteiger partial charge in [-0.05, 0) is 57.0 Å². The summed E-state index contributed by atoms with van der Waals surface area (Å²) in [5.41, 5.74) is 0.926. The van der Waals surface area contributed by atoms with Crippen LogP contribution in [0.3, 0.4) is 0 Å². The van der Waals surface area contributed by atoms with E-state index in [4.69, 9.17) is 9.84 Å². The highest BCUT2D eigenvalue weighted by molar-refractivity contribution is 5.84. The summed E-state index contributed by atoms with van der Waals surface area (Å²) in [6.45, 7) is 6.24. The zero-order valence-electron chi connectivity index (χ0n) is 15.0. The summed E-state index contributed by atoms with van der Waals surface area (Å²) in [7, 11) is 0. The number of allylic oxidation sites excluding steroid dienone is 1. The zero-order chi connectivity index (χ0) is 18.4. The summed E-state index contributed by atoms with van der Waals surface area (Å²) in [5.74, 6) is -0.0274. The molecule has 3 rings (SSSR count). The SMILES string of the molecule is C=CCCC(CN1CCC(C(=O)O)CC1)Oc1ccnc2ccccc12. The molecular formula is C21H26N2O3. The molecule has 138 valence electrons. The lowest BCUT2D eigenvalue weighted by molar-refractivity contribution is -0.143. The topological polar surface area (TPSA) is 62.7 Å². The van der Waals surface area contributed by atoms with Crippen LogP contribution in [0.1, 0.15) is 25.7 Å². The second-order valence-electron chi connectivity index (χ2n) is 6.85. The normalized spacial score (nSPS) is 17.1. The Balaban J connectivity index is 1.68. The van der Waals surface area contributed by atoms with E-state index in [1.807, 2.05) is 36.4 Å². The van der Waals surface area contributed by atoms with Crippen LogP contribution in [-0.2, 0) is 4.79 Å². The minimum atomic E-state index is -0.674. The van der Waals surface area contributed by atoms with Crippen molar-refractivity contribution < 1.29 is 14.6 Å². The average molecular weight is 354 g/mol. The molecule has 0 bridgehead atoms. The lowest BCUT2D eigenvalue weighted by Crippen LogP contribution is -2.42. The third-order valence-corrected chi connectivity index (χ3v) is 4.99. The van der Waals surface area contributed by atoms with Crippen LogP contribution in [0.5, 0.6) is 5.75 Å². The van der Waals surface area contributed by atoms with Gasteiger partial charge in [-0.2, -0.15) is 0 Å². The van der Waals surface area contributed by atoms with E-state index >= 15 is 0 Å². The molecule has 0 saturated carbocycles. The van der Waals surface area contributed by atoms with Crippen LogP contribution < -0.4 is 4.74 Å². The minimum absolute atomic E-state index is 0.0418. The number of pyridine rings is 1. The van der Waals surface area contributed by atoms with Crippen molar-refractivity contribution in [3.05, 3.63) is 49.2 Å². The van der Waals surface area contributed by atoms with Gasteiger partial charge in [0.05, 0.1) is 11.4 Å². The standard InChI is InChI=1S/C21H26N2O3/c1-2-3-6-17(15-23-13-10-16(11-14-23)21(24)25)26-20-9-12-22-19-8-5-4-7-18(19)20/h2,4-5,7-9,12,16-17H,1,3,6,10-11,13-15H2,(H,24,25). The van der Waals surface area contributed by atoms with Crippen molar-refractivity contribution in [2.24, 2.45) is 5.92 Å². The Labute approximate surface area is 154 Å². The number of hydrogen-bond donors (Lipinski definition) is 1. The van der Waals surface area contributed by atoms with Crippen LogP contribution in [0.4, 0.5) is 0 Å². The predicted octanol–water partition coefficient (Wildman–Crippen LogP) is 3.75. The molecule has 1 fully saturated rings. The Bertz CT molecular complexity index is 749. The van der Waals surface area contributed by atoms with Crippen molar-refractivity contribution in [2.75, 3.05) is 19.6 Å². The Hall–Kier alpha value is -2.40. The number of hydrogen-bond acceptors (Lipinski definition) is 4. The first-order chi connectivity index (χ1) is 12.7. The quantitative estimate of drug-likeness (QED) is 0.732. The van der Waals surface area contributed by atoms with Crippen molar-refractivity contribution >= 4 is 16.9 Å². The number of para-hydroxylation sites is 1. The highest BCUT2D eigenvalue weighted by Crippen LogP contribution is 2.26. The van der Waals surface area contributed by atoms with Crippen LogP contribution in [0.2, 0.25) is 0 Å². The number of likely N-dealkylation sites (tertiary alicyclic amines) is 1. The fourth-order valence-electron chi connectivity index (χ4n) is 3.49. The minimum Gasteiger partial charge on any atom is -0.488 e.